The van der Waals surface area contributed by atoms with Gasteiger partial charge < -0.3 is 20.0 Å². The molecular weight excluding hydrogens is 494 g/mol. The van der Waals surface area contributed by atoms with E-state index in [0.29, 0.717) is 9.63 Å². The lowest BCUT2D eigenvalue weighted by Crippen LogP contribution is -2.39. The van der Waals surface area contributed by atoms with Crippen LogP contribution < -0.4 is 20.9 Å². The van der Waals surface area contributed by atoms with E-state index in [-0.39, 0.29) is 17.4 Å². The molecule has 2 N–H and O–H groups in total. The fourth-order valence-corrected chi connectivity index (χ4v) is 3.57. The first kappa shape index (κ1) is 25.3. The summed E-state index contributed by atoms with van der Waals surface area (Å²) in [5.41, 5.74) is -1.11. The van der Waals surface area contributed by atoms with Crippen LogP contribution in [-0.2, 0) is 28.0 Å². The number of nitrogens with one attached hydrogen (secondary N) is 2. The van der Waals surface area contributed by atoms with Gasteiger partial charge in [0.1, 0.15) is 28.8 Å². The number of aromatic nitrogens is 4. The fraction of sp³-hybridized carbons (Fsp3) is 0.250. The van der Waals surface area contributed by atoms with Crippen LogP contribution >= 0.6 is 23.6 Å². The summed E-state index contributed by atoms with van der Waals surface area (Å²) in [6.45, 7) is -1.62. The Kier molecular flexibility index (Phi) is 8.36. The zero-order chi connectivity index (χ0) is 24.7. The molecule has 0 aliphatic rings. The van der Waals surface area contributed by atoms with Crippen LogP contribution in [0.15, 0.2) is 58.6 Å². The van der Waals surface area contributed by atoms with Gasteiger partial charge in [0.25, 0.3) is 5.56 Å². The average Bonchev–Trinajstić information content (AvgIpc) is 2.81. The van der Waals surface area contributed by atoms with Gasteiger partial charge in [-0.1, -0.05) is 17.7 Å². The number of rotatable bonds is 10. The monoisotopic (exact) mass is 512 g/mol. The van der Waals surface area contributed by atoms with Crippen molar-refractivity contribution in [2.75, 3.05) is 19.0 Å². The van der Waals surface area contributed by atoms with Crippen LogP contribution in [0.3, 0.4) is 0 Å². The van der Waals surface area contributed by atoms with E-state index in [9.17, 15) is 23.6 Å². The summed E-state index contributed by atoms with van der Waals surface area (Å²) >= 11 is 6.95. The van der Waals surface area contributed by atoms with Gasteiger partial charge in [-0.05, 0) is 18.2 Å². The normalized spacial score (nSPS) is 11.3. The molecule has 10 nitrogen and oxygen atoms in total. The number of amides is 1. The van der Waals surface area contributed by atoms with Crippen molar-refractivity contribution >= 4 is 35.4 Å². The van der Waals surface area contributed by atoms with Crippen LogP contribution in [0.5, 0.6) is 0 Å². The van der Waals surface area contributed by atoms with Gasteiger partial charge >= 0.3 is 5.92 Å². The minimum absolute atomic E-state index is 0.145. The summed E-state index contributed by atoms with van der Waals surface area (Å²) in [5.74, 6) is -4.43. The Morgan fingerprint density at radius 2 is 2.12 bits per heavy atom. The van der Waals surface area contributed by atoms with Crippen LogP contribution in [-0.4, -0.2) is 34.1 Å². The van der Waals surface area contributed by atoms with E-state index in [1.54, 1.807) is 6.07 Å². The Bertz CT molecular complexity index is 1220. The minimum Gasteiger partial charge on any atom is -0.618 e. The van der Waals surface area contributed by atoms with Gasteiger partial charge in [-0.25, -0.2) is 4.98 Å². The molecule has 14 heteroatoms. The number of anilines is 1. The first-order valence-corrected chi connectivity index (χ1v) is 10.8. The molecule has 180 valence electrons. The SMILES string of the molecule is COSc1ccc[n+]([O-])c1CNC(=O)Cn1c(Cl)cnc(NCC(F)(F)c2ccccn2)c1=O. The lowest BCUT2D eigenvalue weighted by molar-refractivity contribution is -0.616. The largest absolute Gasteiger partial charge is 0.618 e. The molecule has 3 rings (SSSR count). The number of alkyl halides is 2. The fourth-order valence-electron chi connectivity index (χ4n) is 2.82. The van der Waals surface area contributed by atoms with Gasteiger partial charge in [0.2, 0.25) is 11.6 Å². The summed E-state index contributed by atoms with van der Waals surface area (Å²) in [4.78, 5) is 33.0. The van der Waals surface area contributed by atoms with Crippen LogP contribution in [0.1, 0.15) is 11.4 Å². The minimum atomic E-state index is -3.38. The summed E-state index contributed by atoms with van der Waals surface area (Å²) in [7, 11) is 1.44. The molecule has 3 aromatic rings. The van der Waals surface area contributed by atoms with Crippen molar-refractivity contribution < 1.29 is 22.5 Å². The number of carbonyl (C=O) groups excluding carboxylic acids is 1. The van der Waals surface area contributed by atoms with Crippen molar-refractivity contribution in [2.45, 2.75) is 23.9 Å². The molecule has 0 spiro atoms. The highest BCUT2D eigenvalue weighted by atomic mass is 35.5. The Hall–Kier alpha value is -3.29. The van der Waals surface area contributed by atoms with Crippen LogP contribution in [0.25, 0.3) is 0 Å². The van der Waals surface area contributed by atoms with Crippen molar-refractivity contribution in [1.82, 2.24) is 19.9 Å². The number of carbonyl (C=O) groups is 1. The summed E-state index contributed by atoms with van der Waals surface area (Å²) in [6.07, 6.45) is 3.56. The second kappa shape index (κ2) is 11.2. The third-order valence-electron chi connectivity index (χ3n) is 4.47. The highest BCUT2D eigenvalue weighted by Gasteiger charge is 2.33. The molecule has 0 radical (unpaired) electrons. The first-order chi connectivity index (χ1) is 16.2. The maximum atomic E-state index is 14.4. The van der Waals surface area contributed by atoms with Crippen LogP contribution in [0.4, 0.5) is 14.6 Å². The quantitative estimate of drug-likeness (QED) is 0.240. The molecule has 0 unspecified atom stereocenters. The predicted molar refractivity (Wildman–Crippen MR) is 120 cm³/mol. The molecular formula is C20H19ClF2N6O4S. The molecule has 0 fully saturated rings. The number of pyridine rings is 2. The molecule has 3 aromatic heterocycles. The zero-order valence-electron chi connectivity index (χ0n) is 17.7. The van der Waals surface area contributed by atoms with Gasteiger partial charge in [-0.3, -0.25) is 19.1 Å². The number of hydrogen-bond donors (Lipinski definition) is 2. The Balaban J connectivity index is 1.69. The molecule has 0 aliphatic carbocycles. The lowest BCUT2D eigenvalue weighted by atomic mass is 10.2. The van der Waals surface area contributed by atoms with Crippen molar-refractivity contribution in [1.29, 1.82) is 0 Å². The maximum Gasteiger partial charge on any atom is 0.306 e. The Labute approximate surface area is 201 Å². The molecule has 0 aromatic carbocycles. The third-order valence-corrected chi connectivity index (χ3v) is 5.49. The van der Waals surface area contributed by atoms with Crippen molar-refractivity contribution in [3.05, 3.63) is 81.0 Å². The summed E-state index contributed by atoms with van der Waals surface area (Å²) in [5, 5.41) is 16.7. The molecule has 0 saturated heterocycles. The number of hydrogen-bond acceptors (Lipinski definition) is 8. The summed E-state index contributed by atoms with van der Waals surface area (Å²) < 4.78 is 35.1. The second-order valence-corrected chi connectivity index (χ2v) is 8.09. The third kappa shape index (κ3) is 6.18. The molecule has 1 amide bonds. The van der Waals surface area contributed by atoms with E-state index in [2.05, 4.69) is 20.6 Å². The highest BCUT2D eigenvalue weighted by Crippen LogP contribution is 2.25. The van der Waals surface area contributed by atoms with Crippen LogP contribution in [0, 0.1) is 5.21 Å². The van der Waals surface area contributed by atoms with Gasteiger partial charge in [-0.2, -0.15) is 13.5 Å². The van der Waals surface area contributed by atoms with E-state index in [1.807, 2.05) is 0 Å². The molecule has 3 heterocycles. The van der Waals surface area contributed by atoms with E-state index in [0.717, 1.165) is 28.9 Å². The van der Waals surface area contributed by atoms with Crippen LogP contribution in [0.2, 0.25) is 5.15 Å². The van der Waals surface area contributed by atoms with E-state index in [4.69, 9.17) is 15.8 Å². The van der Waals surface area contributed by atoms with Gasteiger partial charge in [-0.15, -0.1) is 0 Å². The molecule has 0 aliphatic heterocycles. The zero-order valence-corrected chi connectivity index (χ0v) is 19.3. The summed E-state index contributed by atoms with van der Waals surface area (Å²) in [6, 6.07) is 7.26. The standard InChI is InChI=1S/C20H19ClF2N6O4S/c1-33-34-14-5-4-8-29(32)13(14)9-25-17(30)11-28-16(21)10-26-18(19(28)31)27-12-20(22,23)15-6-2-3-7-24-15/h2-8,10H,9,11-12H2,1H3,(H,25,30)(H,26,27). The lowest BCUT2D eigenvalue weighted by Gasteiger charge is -2.17. The highest BCUT2D eigenvalue weighted by molar-refractivity contribution is 7.94. The topological polar surface area (TPSA) is 125 Å². The smallest absolute Gasteiger partial charge is 0.306 e. The van der Waals surface area contributed by atoms with Crippen molar-refractivity contribution in [3.8, 4) is 0 Å². The maximum absolute atomic E-state index is 14.4. The van der Waals surface area contributed by atoms with Gasteiger partial charge in [0, 0.05) is 24.3 Å². The molecule has 0 atom stereocenters. The number of halogens is 3. The van der Waals surface area contributed by atoms with E-state index >= 15 is 0 Å². The van der Waals surface area contributed by atoms with Crippen molar-refractivity contribution in [2.24, 2.45) is 0 Å². The molecule has 34 heavy (non-hydrogen) atoms. The van der Waals surface area contributed by atoms with E-state index < -0.39 is 42.0 Å². The second-order valence-electron chi connectivity index (χ2n) is 6.77. The van der Waals surface area contributed by atoms with Crippen molar-refractivity contribution in [3.63, 3.8) is 0 Å². The average molecular weight is 513 g/mol. The van der Waals surface area contributed by atoms with Gasteiger partial charge in [0.15, 0.2) is 12.0 Å². The molecule has 0 saturated carbocycles. The van der Waals surface area contributed by atoms with Gasteiger partial charge in [0.05, 0.1) is 19.9 Å². The number of nitrogens with zero attached hydrogens (tertiary/aromatic N) is 4. The molecule has 0 bridgehead atoms. The predicted octanol–water partition coefficient (Wildman–Crippen LogP) is 2.10. The Morgan fingerprint density at radius 3 is 2.82 bits per heavy atom. The van der Waals surface area contributed by atoms with E-state index in [1.165, 1.54) is 37.7 Å². The Morgan fingerprint density at radius 1 is 1.32 bits per heavy atom. The first-order valence-electron chi connectivity index (χ1n) is 9.70.